The summed E-state index contributed by atoms with van der Waals surface area (Å²) in [7, 11) is 0. The van der Waals surface area contributed by atoms with E-state index in [1.807, 2.05) is 18.2 Å². The molecule has 0 bridgehead atoms. The van der Waals surface area contributed by atoms with Gasteiger partial charge in [-0.2, -0.15) is 5.26 Å². The van der Waals surface area contributed by atoms with Gasteiger partial charge in [0.15, 0.2) is 18.3 Å². The van der Waals surface area contributed by atoms with E-state index >= 15 is 0 Å². The molecule has 11 heteroatoms. The number of nitriles is 1. The lowest BCUT2D eigenvalue weighted by Crippen LogP contribution is -2.59. The maximum atomic E-state index is 12.1. The van der Waals surface area contributed by atoms with Crippen LogP contribution in [0.3, 0.4) is 0 Å². The molecule has 0 aromatic heterocycles. The fourth-order valence-corrected chi connectivity index (χ4v) is 4.19. The molecule has 0 aliphatic carbocycles. The molecule has 0 spiro atoms. The molecular weight excluding hydrogens is 510 g/mol. The standard InChI is InChI=1S/C28H29NO10/c1-16(30)34-15-24-26(36-17(2)31)28(38-19(4)33)27(37-18(3)32)25(39-24)20-10-11-21(13-29)22(12-20)14-35-23-8-6-5-7-9-23/h5-12,24-28H,14-15H2,1-4H3/t24?,25-,26+,27-,28-/m0/s1. The Morgan fingerprint density at radius 1 is 0.821 bits per heavy atom. The molecule has 11 nitrogen and oxygen atoms in total. The van der Waals surface area contributed by atoms with Gasteiger partial charge in [-0.25, -0.2) is 0 Å². The Morgan fingerprint density at radius 2 is 1.44 bits per heavy atom. The molecule has 2 aromatic carbocycles. The molecule has 1 aliphatic rings. The maximum Gasteiger partial charge on any atom is 0.303 e. The molecule has 0 N–H and O–H groups in total. The van der Waals surface area contributed by atoms with Gasteiger partial charge in [0.1, 0.15) is 31.2 Å². The number of carbonyl (C=O) groups is 4. The van der Waals surface area contributed by atoms with Gasteiger partial charge in [-0.1, -0.05) is 24.3 Å². The number of para-hydroxylation sites is 1. The Hall–Kier alpha value is -4.43. The van der Waals surface area contributed by atoms with Crippen LogP contribution in [0.4, 0.5) is 0 Å². The first-order chi connectivity index (χ1) is 18.6. The molecule has 5 atom stereocenters. The second-order valence-electron chi connectivity index (χ2n) is 8.75. The Kier molecular flexibility index (Phi) is 10.0. The molecule has 0 radical (unpaired) electrons. The second kappa shape index (κ2) is 13.4. The van der Waals surface area contributed by atoms with E-state index in [4.69, 9.17) is 28.4 Å². The maximum absolute atomic E-state index is 12.1. The van der Waals surface area contributed by atoms with Gasteiger partial charge in [0.05, 0.1) is 11.6 Å². The zero-order chi connectivity index (χ0) is 28.5. The molecular formula is C28H29NO10. The number of hydrogen-bond donors (Lipinski definition) is 0. The molecule has 2 aromatic rings. The van der Waals surface area contributed by atoms with Crippen molar-refractivity contribution in [1.29, 1.82) is 5.26 Å². The van der Waals surface area contributed by atoms with Crippen LogP contribution >= 0.6 is 0 Å². The van der Waals surface area contributed by atoms with Crippen molar-refractivity contribution in [2.45, 2.75) is 64.8 Å². The van der Waals surface area contributed by atoms with E-state index in [0.29, 0.717) is 22.4 Å². The molecule has 0 amide bonds. The highest BCUT2D eigenvalue weighted by molar-refractivity contribution is 5.69. The summed E-state index contributed by atoms with van der Waals surface area (Å²) in [5.74, 6) is -2.15. The van der Waals surface area contributed by atoms with E-state index in [0.717, 1.165) is 13.8 Å². The van der Waals surface area contributed by atoms with E-state index < -0.39 is 54.4 Å². The molecule has 1 unspecified atom stereocenters. The Bertz CT molecular complexity index is 1240. The van der Waals surface area contributed by atoms with Gasteiger partial charge in [-0.05, 0) is 29.8 Å². The molecule has 0 saturated carbocycles. The highest BCUT2D eigenvalue weighted by atomic mass is 16.7. The third-order valence-corrected chi connectivity index (χ3v) is 5.71. The van der Waals surface area contributed by atoms with Crippen LogP contribution in [-0.4, -0.2) is 54.9 Å². The van der Waals surface area contributed by atoms with Crippen LogP contribution in [0.15, 0.2) is 48.5 Å². The van der Waals surface area contributed by atoms with Gasteiger partial charge < -0.3 is 28.4 Å². The Balaban J connectivity index is 2.05. The fourth-order valence-electron chi connectivity index (χ4n) is 4.19. The zero-order valence-corrected chi connectivity index (χ0v) is 21.9. The van der Waals surface area contributed by atoms with E-state index in [1.54, 1.807) is 30.3 Å². The van der Waals surface area contributed by atoms with Gasteiger partial charge in [0.25, 0.3) is 0 Å². The molecule has 39 heavy (non-hydrogen) atoms. The highest BCUT2D eigenvalue weighted by Gasteiger charge is 2.52. The van der Waals surface area contributed by atoms with E-state index in [-0.39, 0.29) is 13.2 Å². The number of esters is 4. The molecule has 1 aliphatic heterocycles. The zero-order valence-electron chi connectivity index (χ0n) is 21.9. The van der Waals surface area contributed by atoms with Crippen molar-refractivity contribution in [3.63, 3.8) is 0 Å². The van der Waals surface area contributed by atoms with Crippen molar-refractivity contribution < 1.29 is 47.6 Å². The number of rotatable bonds is 9. The summed E-state index contributed by atoms with van der Waals surface area (Å²) in [5.41, 5.74) is 1.32. The third-order valence-electron chi connectivity index (χ3n) is 5.71. The average Bonchev–Trinajstić information content (AvgIpc) is 2.88. The van der Waals surface area contributed by atoms with Crippen LogP contribution in [0.2, 0.25) is 0 Å². The summed E-state index contributed by atoms with van der Waals surface area (Å²) in [4.78, 5) is 47.7. The Labute approximate surface area is 225 Å². The quantitative estimate of drug-likeness (QED) is 0.342. The monoisotopic (exact) mass is 539 g/mol. The predicted octanol–water partition coefficient (Wildman–Crippen LogP) is 2.94. The van der Waals surface area contributed by atoms with Crippen LogP contribution in [0.5, 0.6) is 5.75 Å². The number of carbonyl (C=O) groups excluding carboxylic acids is 4. The van der Waals surface area contributed by atoms with Crippen molar-refractivity contribution >= 4 is 23.9 Å². The summed E-state index contributed by atoms with van der Waals surface area (Å²) in [5, 5.41) is 9.65. The SMILES string of the molecule is CC(=O)OCC1O[C@@H](c2ccc(C#N)c(COc3ccccc3)c2)[C@H](OC(C)=O)[C@@H](OC(C)=O)[C@@H]1OC(C)=O. The second-order valence-corrected chi connectivity index (χ2v) is 8.75. The first kappa shape index (κ1) is 29.1. The molecule has 206 valence electrons. The fraction of sp³-hybridized carbons (Fsp3) is 0.393. The van der Waals surface area contributed by atoms with Crippen LogP contribution < -0.4 is 4.74 Å². The van der Waals surface area contributed by atoms with Gasteiger partial charge >= 0.3 is 23.9 Å². The van der Waals surface area contributed by atoms with E-state index in [2.05, 4.69) is 6.07 Å². The minimum Gasteiger partial charge on any atom is -0.489 e. The van der Waals surface area contributed by atoms with Gasteiger partial charge in [0.2, 0.25) is 0 Å². The summed E-state index contributed by atoms with van der Waals surface area (Å²) in [6.45, 7) is 4.39. The van der Waals surface area contributed by atoms with E-state index in [1.165, 1.54) is 13.8 Å². The summed E-state index contributed by atoms with van der Waals surface area (Å²) < 4.78 is 33.6. The van der Waals surface area contributed by atoms with Crippen molar-refractivity contribution in [2.24, 2.45) is 0 Å². The highest BCUT2D eigenvalue weighted by Crippen LogP contribution is 2.38. The van der Waals surface area contributed by atoms with Crippen LogP contribution in [0.25, 0.3) is 0 Å². The van der Waals surface area contributed by atoms with Crippen molar-refractivity contribution in [1.82, 2.24) is 0 Å². The summed E-state index contributed by atoms with van der Waals surface area (Å²) in [6, 6.07) is 16.0. The lowest BCUT2D eigenvalue weighted by Gasteiger charge is -2.44. The minimum absolute atomic E-state index is 0.0476. The molecule has 1 saturated heterocycles. The lowest BCUT2D eigenvalue weighted by atomic mass is 9.89. The number of ether oxygens (including phenoxy) is 6. The van der Waals surface area contributed by atoms with Crippen LogP contribution in [0.1, 0.15) is 50.5 Å². The first-order valence-electron chi connectivity index (χ1n) is 12.1. The average molecular weight is 540 g/mol. The summed E-state index contributed by atoms with van der Waals surface area (Å²) >= 11 is 0. The summed E-state index contributed by atoms with van der Waals surface area (Å²) in [6.07, 6.45) is -5.95. The van der Waals surface area contributed by atoms with Gasteiger partial charge in [0, 0.05) is 33.3 Å². The van der Waals surface area contributed by atoms with E-state index in [9.17, 15) is 24.4 Å². The number of benzene rings is 2. The smallest absolute Gasteiger partial charge is 0.303 e. The Morgan fingerprint density at radius 3 is 2.03 bits per heavy atom. The van der Waals surface area contributed by atoms with Crippen molar-refractivity contribution in [2.75, 3.05) is 6.61 Å². The van der Waals surface area contributed by atoms with Crippen molar-refractivity contribution in [3.8, 4) is 11.8 Å². The first-order valence-corrected chi connectivity index (χ1v) is 12.1. The normalized spacial score (nSPS) is 22.1. The lowest BCUT2D eigenvalue weighted by molar-refractivity contribution is -0.254. The molecule has 1 heterocycles. The predicted molar refractivity (Wildman–Crippen MR) is 133 cm³/mol. The largest absolute Gasteiger partial charge is 0.489 e. The minimum atomic E-state index is -1.30. The number of hydrogen-bond acceptors (Lipinski definition) is 11. The van der Waals surface area contributed by atoms with Gasteiger partial charge in [-0.3, -0.25) is 19.2 Å². The van der Waals surface area contributed by atoms with Crippen LogP contribution in [0, 0.1) is 11.3 Å². The number of nitrogens with zero attached hydrogens (tertiary/aromatic N) is 1. The topological polar surface area (TPSA) is 147 Å². The van der Waals surface area contributed by atoms with Crippen molar-refractivity contribution in [3.05, 3.63) is 65.2 Å². The molecule has 1 fully saturated rings. The molecule has 3 rings (SSSR count). The third kappa shape index (κ3) is 8.02. The van der Waals surface area contributed by atoms with Gasteiger partial charge in [-0.15, -0.1) is 0 Å². The van der Waals surface area contributed by atoms with Crippen LogP contribution in [-0.2, 0) is 49.5 Å².